The summed E-state index contributed by atoms with van der Waals surface area (Å²) in [5.41, 5.74) is 2.79. The minimum atomic E-state index is -0.463. The number of nitrogens with one attached hydrogen (secondary N) is 2. The van der Waals surface area contributed by atoms with Crippen molar-refractivity contribution in [2.45, 2.75) is 44.7 Å². The lowest BCUT2D eigenvalue weighted by atomic mass is 9.84. The van der Waals surface area contributed by atoms with E-state index in [9.17, 15) is 14.0 Å². The number of imide groups is 1. The second-order valence-electron chi connectivity index (χ2n) is 8.69. The summed E-state index contributed by atoms with van der Waals surface area (Å²) in [6.07, 6.45) is 12.7. The topological polar surface area (TPSA) is 110 Å². The molecule has 1 saturated heterocycles. The summed E-state index contributed by atoms with van der Waals surface area (Å²) in [5, 5.41) is 5.38. The fourth-order valence-corrected chi connectivity index (χ4v) is 5.21. The van der Waals surface area contributed by atoms with E-state index < -0.39 is 11.9 Å². The summed E-state index contributed by atoms with van der Waals surface area (Å²) in [6.45, 7) is 0.406. The van der Waals surface area contributed by atoms with Crippen molar-refractivity contribution in [3.05, 3.63) is 71.1 Å². The highest BCUT2D eigenvalue weighted by Gasteiger charge is 2.26. The maximum absolute atomic E-state index is 14.5. The Labute approximate surface area is 205 Å². The van der Waals surface area contributed by atoms with E-state index in [-0.39, 0.29) is 5.24 Å². The molecular formula is C25H24FN5O3S. The summed E-state index contributed by atoms with van der Waals surface area (Å²) in [5.74, 6) is 0.328. The molecule has 0 radical (unpaired) electrons. The van der Waals surface area contributed by atoms with Crippen LogP contribution in [0, 0.1) is 11.9 Å². The van der Waals surface area contributed by atoms with Gasteiger partial charge in [0, 0.05) is 42.5 Å². The largest absolute Gasteiger partial charge is 0.472 e. The molecule has 10 heteroatoms. The molecule has 0 atom stereocenters. The molecule has 35 heavy (non-hydrogen) atoms. The van der Waals surface area contributed by atoms with E-state index in [4.69, 9.17) is 4.42 Å². The Morgan fingerprint density at radius 2 is 1.97 bits per heavy atom. The average molecular weight is 494 g/mol. The number of hydrogen-bond acceptors (Lipinski definition) is 8. The van der Waals surface area contributed by atoms with E-state index in [0.29, 0.717) is 34.7 Å². The average Bonchev–Trinajstić information content (AvgIpc) is 3.49. The number of carbonyl (C=O) groups is 2. The molecule has 0 bridgehead atoms. The van der Waals surface area contributed by atoms with Crippen LogP contribution in [0.15, 0.2) is 52.4 Å². The smallest absolute Gasteiger partial charge is 0.290 e. The predicted molar refractivity (Wildman–Crippen MR) is 129 cm³/mol. The fourth-order valence-electron chi connectivity index (χ4n) is 4.55. The number of aromatic nitrogens is 3. The van der Waals surface area contributed by atoms with Crippen LogP contribution in [-0.4, -0.2) is 32.1 Å². The zero-order valence-corrected chi connectivity index (χ0v) is 19.7. The summed E-state index contributed by atoms with van der Waals surface area (Å²) < 4.78 is 19.6. The van der Waals surface area contributed by atoms with Crippen LogP contribution < -0.4 is 10.6 Å². The third-order valence-electron chi connectivity index (χ3n) is 6.37. The number of rotatable bonds is 7. The highest BCUT2D eigenvalue weighted by atomic mass is 32.2. The zero-order chi connectivity index (χ0) is 24.2. The molecule has 4 heterocycles. The first kappa shape index (κ1) is 23.4. The number of halogens is 1. The molecule has 0 aromatic carbocycles. The first-order valence-corrected chi connectivity index (χ1v) is 12.3. The van der Waals surface area contributed by atoms with Crippen LogP contribution in [0.25, 0.3) is 17.2 Å². The summed E-state index contributed by atoms with van der Waals surface area (Å²) in [4.78, 5) is 36.2. The summed E-state index contributed by atoms with van der Waals surface area (Å²) in [7, 11) is 0. The van der Waals surface area contributed by atoms with E-state index in [1.165, 1.54) is 6.20 Å². The van der Waals surface area contributed by atoms with Crippen molar-refractivity contribution >= 4 is 29.0 Å². The molecule has 3 aromatic heterocycles. The lowest BCUT2D eigenvalue weighted by molar-refractivity contribution is -0.115. The van der Waals surface area contributed by atoms with Crippen molar-refractivity contribution in [2.24, 2.45) is 5.92 Å². The minimum absolute atomic E-state index is 0.301. The Morgan fingerprint density at radius 3 is 2.71 bits per heavy atom. The lowest BCUT2D eigenvalue weighted by Crippen LogP contribution is -2.33. The molecule has 5 rings (SSSR count). The second kappa shape index (κ2) is 10.5. The zero-order valence-electron chi connectivity index (χ0n) is 18.9. The van der Waals surface area contributed by atoms with Gasteiger partial charge in [0.1, 0.15) is 5.82 Å². The van der Waals surface area contributed by atoms with Gasteiger partial charge in [-0.15, -0.1) is 0 Å². The van der Waals surface area contributed by atoms with Crippen molar-refractivity contribution in [3.8, 4) is 11.1 Å². The molecule has 0 unspecified atom stereocenters. The fraction of sp³-hybridized carbons (Fsp3) is 0.320. The van der Waals surface area contributed by atoms with Crippen LogP contribution in [0.2, 0.25) is 0 Å². The van der Waals surface area contributed by atoms with Gasteiger partial charge < -0.3 is 9.73 Å². The van der Waals surface area contributed by atoms with Crippen molar-refractivity contribution in [3.63, 3.8) is 0 Å². The summed E-state index contributed by atoms with van der Waals surface area (Å²) in [6, 6.07) is 5.65. The van der Waals surface area contributed by atoms with Gasteiger partial charge in [-0.05, 0) is 73.2 Å². The quantitative estimate of drug-likeness (QED) is 0.366. The Hall–Kier alpha value is -3.37. The van der Waals surface area contributed by atoms with E-state index in [0.717, 1.165) is 60.8 Å². The van der Waals surface area contributed by atoms with Gasteiger partial charge in [0.15, 0.2) is 0 Å². The highest BCUT2D eigenvalue weighted by molar-refractivity contribution is 8.18. The predicted octanol–water partition coefficient (Wildman–Crippen LogP) is 4.49. The minimum Gasteiger partial charge on any atom is -0.472 e. The Morgan fingerprint density at radius 1 is 1.14 bits per heavy atom. The molecule has 2 N–H and O–H groups in total. The number of amides is 2. The molecule has 1 aliphatic heterocycles. The first-order valence-electron chi connectivity index (χ1n) is 11.5. The normalized spacial score (nSPS) is 21.5. The van der Waals surface area contributed by atoms with Gasteiger partial charge in [-0.2, -0.15) is 4.39 Å². The van der Waals surface area contributed by atoms with Crippen molar-refractivity contribution in [1.29, 1.82) is 0 Å². The number of thioether (sulfide) groups is 1. The van der Waals surface area contributed by atoms with Gasteiger partial charge >= 0.3 is 0 Å². The van der Waals surface area contributed by atoms with E-state index in [1.54, 1.807) is 30.9 Å². The Kier molecular flexibility index (Phi) is 7.01. The van der Waals surface area contributed by atoms with Crippen LogP contribution in [-0.2, 0) is 17.8 Å². The van der Waals surface area contributed by atoms with E-state index in [1.807, 2.05) is 12.1 Å². The molecule has 2 aliphatic rings. The highest BCUT2D eigenvalue weighted by Crippen LogP contribution is 2.29. The third-order valence-corrected chi connectivity index (χ3v) is 7.18. The van der Waals surface area contributed by atoms with Crippen LogP contribution in [0.4, 0.5) is 9.18 Å². The van der Waals surface area contributed by atoms with Crippen LogP contribution >= 0.6 is 11.8 Å². The van der Waals surface area contributed by atoms with Gasteiger partial charge in [-0.25, -0.2) is 15.0 Å². The van der Waals surface area contributed by atoms with Gasteiger partial charge in [0.25, 0.3) is 11.1 Å². The van der Waals surface area contributed by atoms with Gasteiger partial charge in [-0.1, -0.05) is 0 Å². The van der Waals surface area contributed by atoms with E-state index in [2.05, 4.69) is 25.6 Å². The number of pyridine rings is 1. The Balaban J connectivity index is 1.15. The molecule has 2 amide bonds. The van der Waals surface area contributed by atoms with Crippen molar-refractivity contribution in [2.75, 3.05) is 0 Å². The molecule has 3 aromatic rings. The molecule has 0 spiro atoms. The third kappa shape index (κ3) is 5.66. The van der Waals surface area contributed by atoms with Crippen LogP contribution in [0.1, 0.15) is 42.8 Å². The monoisotopic (exact) mass is 493 g/mol. The molecule has 180 valence electrons. The van der Waals surface area contributed by atoms with Crippen molar-refractivity contribution < 1.29 is 18.4 Å². The van der Waals surface area contributed by atoms with Gasteiger partial charge in [0.2, 0.25) is 5.95 Å². The molecule has 2 fully saturated rings. The Bertz CT molecular complexity index is 1260. The van der Waals surface area contributed by atoms with Gasteiger partial charge in [0.05, 0.1) is 23.1 Å². The van der Waals surface area contributed by atoms with E-state index >= 15 is 0 Å². The lowest BCUT2D eigenvalue weighted by Gasteiger charge is -2.29. The molecule has 8 nitrogen and oxygen atoms in total. The van der Waals surface area contributed by atoms with Crippen LogP contribution in [0.3, 0.4) is 0 Å². The maximum Gasteiger partial charge on any atom is 0.290 e. The standard InChI is InChI=1S/C25H24FN5O3S/c26-23-20(19(6-9-28-23)16-7-10-34-14-16)13-29-17-3-1-15(2-4-17)11-22-27-8-5-18(30-22)12-21-24(32)31-25(33)35-21/h5-10,12,14-15,17,29H,1-4,11,13H2,(H,31,32,33)/b21-12-. The second-order valence-corrected chi connectivity index (χ2v) is 9.71. The number of furan rings is 1. The number of hydrogen-bond donors (Lipinski definition) is 2. The first-order chi connectivity index (χ1) is 17.0. The van der Waals surface area contributed by atoms with Crippen molar-refractivity contribution in [1.82, 2.24) is 25.6 Å². The van der Waals surface area contributed by atoms with Crippen LogP contribution in [0.5, 0.6) is 0 Å². The number of nitrogens with zero attached hydrogens (tertiary/aromatic N) is 3. The maximum atomic E-state index is 14.5. The molecular weight excluding hydrogens is 469 g/mol. The SMILES string of the molecule is O=C1NC(=O)/C(=C/c2ccnc(CC3CCC(NCc4c(-c5ccoc5)ccnc4F)CC3)n2)S1. The number of carbonyl (C=O) groups excluding carboxylic acids is 2. The molecule has 1 saturated carbocycles. The summed E-state index contributed by atoms with van der Waals surface area (Å²) >= 11 is 0.876. The van der Waals surface area contributed by atoms with Gasteiger partial charge in [-0.3, -0.25) is 14.9 Å². The molecule has 1 aliphatic carbocycles.